The summed E-state index contributed by atoms with van der Waals surface area (Å²) in [6, 6.07) is 15.2. The Morgan fingerprint density at radius 2 is 1.38 bits per heavy atom. The van der Waals surface area contributed by atoms with Crippen LogP contribution >= 0.6 is 23.2 Å². The number of fused-ring (bicyclic) bond motifs is 1. The summed E-state index contributed by atoms with van der Waals surface area (Å²) in [5.41, 5.74) is 7.57. The summed E-state index contributed by atoms with van der Waals surface area (Å²) in [5.74, 6) is -0.173. The standard InChI is InChI=1S/C42H46Cl2N6O3/c43-39-32(6-4-8-35(39)47-41(52)37-20-27-16-19-50(25-28(27)22-45-37)30-12-14-31(51)15-13-30)33-7-5-9-36(40(33)44)48-42(53)38-21-34(26-10-11-26)29(23-46-38)24-49-17-2-1-3-18-49/h4-9,20-23,26,30-31,51H,1-3,10-19,24-25H2,(H,47,52)(H,48,53). The number of aliphatic hydroxyl groups is 1. The number of halogens is 2. The summed E-state index contributed by atoms with van der Waals surface area (Å²) in [7, 11) is 0. The molecule has 4 heterocycles. The highest BCUT2D eigenvalue weighted by atomic mass is 35.5. The Kier molecular flexibility index (Phi) is 10.8. The molecule has 0 unspecified atom stereocenters. The van der Waals surface area contributed by atoms with Gasteiger partial charge in [-0.05, 0) is 123 Å². The zero-order chi connectivity index (χ0) is 36.5. The Hall–Kier alpha value is -3.86. The molecule has 2 aliphatic carbocycles. The third kappa shape index (κ3) is 8.15. The van der Waals surface area contributed by atoms with Gasteiger partial charge in [-0.1, -0.05) is 53.9 Å². The van der Waals surface area contributed by atoms with Gasteiger partial charge in [0.15, 0.2) is 0 Å². The van der Waals surface area contributed by atoms with Gasteiger partial charge in [0.2, 0.25) is 0 Å². The largest absolute Gasteiger partial charge is 0.393 e. The molecule has 0 bridgehead atoms. The van der Waals surface area contributed by atoms with E-state index in [0.717, 1.165) is 88.8 Å². The Morgan fingerprint density at radius 3 is 2.02 bits per heavy atom. The van der Waals surface area contributed by atoms with Crippen LogP contribution in [0, 0.1) is 0 Å². The Morgan fingerprint density at radius 1 is 0.755 bits per heavy atom. The maximum Gasteiger partial charge on any atom is 0.274 e. The van der Waals surface area contributed by atoms with Crippen LogP contribution in [0.2, 0.25) is 10.0 Å². The lowest BCUT2D eigenvalue weighted by Crippen LogP contribution is -2.42. The van der Waals surface area contributed by atoms with E-state index in [9.17, 15) is 14.7 Å². The molecule has 0 atom stereocenters. The molecule has 4 aromatic rings. The Bertz CT molecular complexity index is 2010. The van der Waals surface area contributed by atoms with Gasteiger partial charge in [0.25, 0.3) is 11.8 Å². The van der Waals surface area contributed by atoms with Crippen molar-refractivity contribution in [3.05, 3.63) is 105 Å². The van der Waals surface area contributed by atoms with Crippen LogP contribution in [0.15, 0.2) is 60.9 Å². The molecule has 0 radical (unpaired) electrons. The minimum Gasteiger partial charge on any atom is -0.393 e. The second-order valence-corrected chi connectivity index (χ2v) is 15.9. The molecule has 1 saturated heterocycles. The molecule has 2 aromatic heterocycles. The van der Waals surface area contributed by atoms with Crippen LogP contribution in [-0.2, 0) is 19.5 Å². The van der Waals surface area contributed by atoms with E-state index < -0.39 is 0 Å². The predicted octanol–water partition coefficient (Wildman–Crippen LogP) is 8.48. The second kappa shape index (κ2) is 15.9. The number of nitrogens with zero attached hydrogens (tertiary/aromatic N) is 4. The van der Waals surface area contributed by atoms with Crippen molar-refractivity contribution in [3.8, 4) is 11.1 Å². The zero-order valence-electron chi connectivity index (χ0n) is 29.9. The average Bonchev–Trinajstić information content (AvgIpc) is 4.03. The number of rotatable bonds is 9. The lowest BCUT2D eigenvalue weighted by Gasteiger charge is -2.38. The summed E-state index contributed by atoms with van der Waals surface area (Å²) < 4.78 is 0. The number of hydrogen-bond acceptors (Lipinski definition) is 7. The molecular weight excluding hydrogens is 707 g/mol. The van der Waals surface area contributed by atoms with Gasteiger partial charge in [0.1, 0.15) is 11.4 Å². The quantitative estimate of drug-likeness (QED) is 0.157. The van der Waals surface area contributed by atoms with Gasteiger partial charge in [0.05, 0.1) is 27.5 Å². The van der Waals surface area contributed by atoms with Crippen LogP contribution in [0.5, 0.6) is 0 Å². The van der Waals surface area contributed by atoms with Crippen molar-refractivity contribution >= 4 is 46.4 Å². The predicted molar refractivity (Wildman–Crippen MR) is 210 cm³/mol. The van der Waals surface area contributed by atoms with Gasteiger partial charge in [-0.2, -0.15) is 0 Å². The van der Waals surface area contributed by atoms with Gasteiger partial charge in [-0.25, -0.2) is 0 Å². The molecular formula is C42H46Cl2N6O3. The third-order valence-corrected chi connectivity index (χ3v) is 12.3. The van der Waals surface area contributed by atoms with Crippen molar-refractivity contribution in [1.82, 2.24) is 19.8 Å². The normalized spacial score (nSPS) is 20.8. The number of amides is 2. The van der Waals surface area contributed by atoms with Crippen LogP contribution in [0.3, 0.4) is 0 Å². The summed E-state index contributed by atoms with van der Waals surface area (Å²) in [6.07, 6.45) is 14.2. The molecule has 0 spiro atoms. The van der Waals surface area contributed by atoms with Gasteiger partial charge < -0.3 is 15.7 Å². The summed E-state index contributed by atoms with van der Waals surface area (Å²) >= 11 is 13.9. The first-order valence-electron chi connectivity index (χ1n) is 19.1. The van der Waals surface area contributed by atoms with Crippen molar-refractivity contribution < 1.29 is 14.7 Å². The first kappa shape index (κ1) is 36.1. The van der Waals surface area contributed by atoms with E-state index in [1.165, 1.54) is 30.4 Å². The van der Waals surface area contributed by atoms with Gasteiger partial charge in [-0.3, -0.25) is 29.4 Å². The molecule has 2 aliphatic heterocycles. The fourth-order valence-corrected chi connectivity index (χ4v) is 8.81. The van der Waals surface area contributed by atoms with Crippen molar-refractivity contribution in [2.45, 2.75) is 95.4 Å². The van der Waals surface area contributed by atoms with E-state index in [-0.39, 0.29) is 17.9 Å². The fraction of sp³-hybridized carbons (Fsp3) is 0.429. The third-order valence-electron chi connectivity index (χ3n) is 11.4. The molecule has 53 heavy (non-hydrogen) atoms. The SMILES string of the molecule is O=C(Nc1cccc(-c2cccc(NC(=O)c3cc(C4CC4)c(CN4CCCCC4)cn3)c2Cl)c1Cl)c1cc2c(cn1)CN(C1CCC(O)CC1)CC2. The molecule has 2 amide bonds. The van der Waals surface area contributed by atoms with Crippen LogP contribution in [0.25, 0.3) is 11.1 Å². The maximum absolute atomic E-state index is 13.5. The maximum atomic E-state index is 13.5. The van der Waals surface area contributed by atoms with Crippen molar-refractivity contribution in [1.29, 1.82) is 0 Å². The number of piperidine rings is 1. The number of likely N-dealkylation sites (tertiary alicyclic amines) is 1. The van der Waals surface area contributed by atoms with Crippen molar-refractivity contribution in [3.63, 3.8) is 0 Å². The number of hydrogen-bond donors (Lipinski definition) is 3. The lowest BCUT2D eigenvalue weighted by atomic mass is 9.90. The topological polar surface area (TPSA) is 111 Å². The van der Waals surface area contributed by atoms with E-state index in [2.05, 4.69) is 30.4 Å². The van der Waals surface area contributed by atoms with Crippen molar-refractivity contribution in [2.75, 3.05) is 30.3 Å². The Balaban J connectivity index is 0.951. The van der Waals surface area contributed by atoms with Gasteiger partial charge in [-0.15, -0.1) is 0 Å². The molecule has 2 saturated carbocycles. The minimum absolute atomic E-state index is 0.170. The molecule has 2 aromatic carbocycles. The number of anilines is 2. The van der Waals surface area contributed by atoms with Gasteiger partial charge >= 0.3 is 0 Å². The first-order valence-corrected chi connectivity index (χ1v) is 19.9. The molecule has 276 valence electrons. The first-order chi connectivity index (χ1) is 25.8. The molecule has 4 aliphatic rings. The highest BCUT2D eigenvalue weighted by Crippen LogP contribution is 2.43. The van der Waals surface area contributed by atoms with Crippen LogP contribution in [-0.4, -0.2) is 68.5 Å². The fourth-order valence-electron chi connectivity index (χ4n) is 8.26. The van der Waals surface area contributed by atoms with Crippen LogP contribution < -0.4 is 10.6 Å². The smallest absolute Gasteiger partial charge is 0.274 e. The summed E-state index contributed by atoms with van der Waals surface area (Å²) in [4.78, 5) is 41.1. The van der Waals surface area contributed by atoms with E-state index in [1.807, 2.05) is 48.8 Å². The van der Waals surface area contributed by atoms with E-state index in [4.69, 9.17) is 23.2 Å². The number of carbonyl (C=O) groups is 2. The number of nitrogens with one attached hydrogen (secondary N) is 2. The van der Waals surface area contributed by atoms with Crippen LogP contribution in [0.4, 0.5) is 11.4 Å². The number of benzene rings is 2. The molecule has 9 nitrogen and oxygen atoms in total. The van der Waals surface area contributed by atoms with Gasteiger partial charge in [0, 0.05) is 49.2 Å². The molecule has 3 N–H and O–H groups in total. The van der Waals surface area contributed by atoms with Crippen LogP contribution in [0.1, 0.15) is 107 Å². The number of pyridine rings is 2. The average molecular weight is 754 g/mol. The highest BCUT2D eigenvalue weighted by molar-refractivity contribution is 6.40. The number of carbonyl (C=O) groups excluding carboxylic acids is 2. The van der Waals surface area contributed by atoms with Crippen molar-refractivity contribution in [2.24, 2.45) is 0 Å². The van der Waals surface area contributed by atoms with E-state index in [0.29, 0.717) is 55.9 Å². The highest BCUT2D eigenvalue weighted by Gasteiger charge is 2.30. The summed E-state index contributed by atoms with van der Waals surface area (Å²) in [5, 5.41) is 16.5. The molecule has 3 fully saturated rings. The monoisotopic (exact) mass is 752 g/mol. The molecule has 8 rings (SSSR count). The number of aliphatic hydroxyl groups excluding tert-OH is 1. The Labute approximate surface area is 321 Å². The van der Waals surface area contributed by atoms with E-state index >= 15 is 0 Å². The lowest BCUT2D eigenvalue weighted by molar-refractivity contribution is 0.0677. The summed E-state index contributed by atoms with van der Waals surface area (Å²) in [6.45, 7) is 4.84. The number of aromatic nitrogens is 2. The second-order valence-electron chi connectivity index (χ2n) is 15.1. The minimum atomic E-state index is -0.345. The van der Waals surface area contributed by atoms with E-state index in [1.54, 1.807) is 12.1 Å². The zero-order valence-corrected chi connectivity index (χ0v) is 31.4. The molecule has 11 heteroatoms.